The van der Waals surface area contributed by atoms with E-state index in [1.165, 1.54) is 0 Å². The first-order valence-electron chi connectivity index (χ1n) is 12.6. The fraction of sp³-hybridized carbons (Fsp3) is 0.593. The van der Waals surface area contributed by atoms with E-state index >= 15 is 0 Å². The van der Waals surface area contributed by atoms with Crippen LogP contribution in [0.3, 0.4) is 0 Å². The summed E-state index contributed by atoms with van der Waals surface area (Å²) in [6.07, 6.45) is 10.6. The third-order valence-corrected chi connectivity index (χ3v) is 6.95. The lowest BCUT2D eigenvalue weighted by Crippen LogP contribution is -2.30. The number of aryl methyl sites for hydroxylation is 1. The van der Waals surface area contributed by atoms with E-state index in [0.717, 1.165) is 72.7 Å². The minimum atomic E-state index is -1.49. The molecule has 0 N–H and O–H groups in total. The highest BCUT2D eigenvalue weighted by atomic mass is 79.9. The summed E-state index contributed by atoms with van der Waals surface area (Å²) in [6.45, 7) is 4.76. The molecule has 1 fully saturated rings. The molecule has 1 aromatic carbocycles. The molecule has 1 aromatic heterocycles. The number of rotatable bonds is 12. The van der Waals surface area contributed by atoms with Crippen LogP contribution < -0.4 is 4.74 Å². The zero-order valence-corrected chi connectivity index (χ0v) is 21.9. The van der Waals surface area contributed by atoms with Gasteiger partial charge in [-0.3, -0.25) is 0 Å². The summed E-state index contributed by atoms with van der Waals surface area (Å²) >= 11 is 3.61. The monoisotopic (exact) mass is 534 g/mol. The van der Waals surface area contributed by atoms with E-state index in [-0.39, 0.29) is 12.5 Å². The predicted octanol–water partition coefficient (Wildman–Crippen LogP) is 7.26. The number of hydrogen-bond donors (Lipinski definition) is 0. The van der Waals surface area contributed by atoms with Crippen LogP contribution in [0.1, 0.15) is 77.2 Å². The number of nitrogens with zero attached hydrogens (tertiary/aromatic N) is 2. The van der Waals surface area contributed by atoms with Gasteiger partial charge < -0.3 is 9.47 Å². The standard InChI is InChI=1S/C27H36BrFN2O3/c1-3-5-7-20-16-30-26(31-17-20)21-11-14-25(23(28)15-21)33-18-19-9-12-22(13-10-19)34-27(32)24(29)8-6-4-2/h11,14-17,19,22,24H,3-10,12-13,18H2,1-2H3/t19?,22?,24-/m0/s1. The van der Waals surface area contributed by atoms with Crippen LogP contribution in [0.4, 0.5) is 4.39 Å². The molecule has 1 aliphatic carbocycles. The van der Waals surface area contributed by atoms with Gasteiger partial charge in [0, 0.05) is 18.0 Å². The van der Waals surface area contributed by atoms with Gasteiger partial charge in [0.2, 0.25) is 0 Å². The van der Waals surface area contributed by atoms with Crippen molar-refractivity contribution < 1.29 is 18.7 Å². The highest BCUT2D eigenvalue weighted by Crippen LogP contribution is 2.32. The molecule has 7 heteroatoms. The number of carbonyl (C=O) groups excluding carboxylic acids is 1. The first-order chi connectivity index (χ1) is 16.5. The molecule has 0 aliphatic heterocycles. The van der Waals surface area contributed by atoms with Crippen LogP contribution in [0.15, 0.2) is 35.1 Å². The van der Waals surface area contributed by atoms with E-state index in [4.69, 9.17) is 9.47 Å². The van der Waals surface area contributed by atoms with E-state index in [0.29, 0.717) is 24.8 Å². The van der Waals surface area contributed by atoms with Crippen molar-refractivity contribution in [3.8, 4) is 17.1 Å². The number of unbranched alkanes of at least 4 members (excludes halogenated alkanes) is 2. The summed E-state index contributed by atoms with van der Waals surface area (Å²) in [5.41, 5.74) is 2.10. The average Bonchev–Trinajstić information content (AvgIpc) is 2.86. The van der Waals surface area contributed by atoms with Crippen LogP contribution >= 0.6 is 15.9 Å². The van der Waals surface area contributed by atoms with E-state index in [9.17, 15) is 9.18 Å². The molecule has 1 saturated carbocycles. The highest BCUT2D eigenvalue weighted by molar-refractivity contribution is 9.10. The molecule has 34 heavy (non-hydrogen) atoms. The van der Waals surface area contributed by atoms with Crippen LogP contribution in [0.25, 0.3) is 11.4 Å². The van der Waals surface area contributed by atoms with Gasteiger partial charge in [-0.05, 0) is 90.6 Å². The molecule has 0 saturated heterocycles. The number of benzene rings is 1. The van der Waals surface area contributed by atoms with Crippen LogP contribution in [0.5, 0.6) is 5.75 Å². The third-order valence-electron chi connectivity index (χ3n) is 6.33. The highest BCUT2D eigenvalue weighted by Gasteiger charge is 2.27. The Labute approximate surface area is 211 Å². The second kappa shape index (κ2) is 13.8. The van der Waals surface area contributed by atoms with Gasteiger partial charge in [-0.2, -0.15) is 0 Å². The number of halogens is 2. The van der Waals surface area contributed by atoms with Gasteiger partial charge >= 0.3 is 5.97 Å². The second-order valence-electron chi connectivity index (χ2n) is 9.16. The van der Waals surface area contributed by atoms with Gasteiger partial charge in [-0.15, -0.1) is 0 Å². The van der Waals surface area contributed by atoms with Gasteiger partial charge in [-0.1, -0.05) is 33.1 Å². The largest absolute Gasteiger partial charge is 0.492 e. The molecular weight excluding hydrogens is 499 g/mol. The quantitative estimate of drug-likeness (QED) is 0.268. The van der Waals surface area contributed by atoms with Gasteiger partial charge in [0.15, 0.2) is 12.0 Å². The van der Waals surface area contributed by atoms with Gasteiger partial charge in [0.1, 0.15) is 11.9 Å². The van der Waals surface area contributed by atoms with E-state index in [1.54, 1.807) is 0 Å². The molecule has 0 amide bonds. The Morgan fingerprint density at radius 1 is 1.12 bits per heavy atom. The van der Waals surface area contributed by atoms with Crippen molar-refractivity contribution in [3.05, 3.63) is 40.6 Å². The Bertz CT molecular complexity index is 901. The van der Waals surface area contributed by atoms with Gasteiger partial charge in [-0.25, -0.2) is 19.2 Å². The minimum absolute atomic E-state index is 0.178. The molecule has 3 rings (SSSR count). The molecule has 186 valence electrons. The van der Waals surface area contributed by atoms with Crippen molar-refractivity contribution >= 4 is 21.9 Å². The number of carbonyl (C=O) groups is 1. The van der Waals surface area contributed by atoms with Crippen LogP contribution in [0, 0.1) is 5.92 Å². The lowest BCUT2D eigenvalue weighted by Gasteiger charge is -2.28. The smallest absolute Gasteiger partial charge is 0.340 e. The second-order valence-corrected chi connectivity index (χ2v) is 10.0. The summed E-state index contributed by atoms with van der Waals surface area (Å²) in [7, 11) is 0. The number of ether oxygens (including phenoxy) is 2. The third kappa shape index (κ3) is 8.03. The first-order valence-corrected chi connectivity index (χ1v) is 13.4. The Hall–Kier alpha value is -2.02. The molecule has 0 bridgehead atoms. The van der Waals surface area contributed by atoms with Crippen molar-refractivity contribution in [2.75, 3.05) is 6.61 Å². The lowest BCUT2D eigenvalue weighted by molar-refractivity contribution is -0.157. The van der Waals surface area contributed by atoms with Crippen LogP contribution in [0.2, 0.25) is 0 Å². The molecule has 2 aromatic rings. The Balaban J connectivity index is 1.44. The molecule has 1 aliphatic rings. The maximum Gasteiger partial charge on any atom is 0.340 e. The van der Waals surface area contributed by atoms with Crippen LogP contribution in [-0.4, -0.2) is 34.8 Å². The van der Waals surface area contributed by atoms with Crippen molar-refractivity contribution in [1.82, 2.24) is 9.97 Å². The van der Waals surface area contributed by atoms with Gasteiger partial charge in [0.05, 0.1) is 11.1 Å². The summed E-state index contributed by atoms with van der Waals surface area (Å²) in [6, 6.07) is 5.90. The number of aromatic nitrogens is 2. The normalized spacial score (nSPS) is 18.9. The first kappa shape index (κ1) is 26.6. The fourth-order valence-corrected chi connectivity index (χ4v) is 4.63. The van der Waals surface area contributed by atoms with Crippen molar-refractivity contribution in [2.24, 2.45) is 5.92 Å². The van der Waals surface area contributed by atoms with E-state index in [1.807, 2.05) is 37.5 Å². The molecule has 0 unspecified atom stereocenters. The maximum atomic E-state index is 13.9. The topological polar surface area (TPSA) is 61.3 Å². The summed E-state index contributed by atoms with van der Waals surface area (Å²) in [5, 5.41) is 0. The van der Waals surface area contributed by atoms with Crippen molar-refractivity contribution in [1.29, 1.82) is 0 Å². The Morgan fingerprint density at radius 3 is 2.47 bits per heavy atom. The zero-order chi connectivity index (χ0) is 24.3. The number of alkyl halides is 1. The molecule has 1 atom stereocenters. The molecule has 0 radical (unpaired) electrons. The van der Waals surface area contributed by atoms with E-state index in [2.05, 4.69) is 32.8 Å². The molecule has 5 nitrogen and oxygen atoms in total. The summed E-state index contributed by atoms with van der Waals surface area (Å²) in [5.74, 6) is 1.18. The zero-order valence-electron chi connectivity index (χ0n) is 20.3. The minimum Gasteiger partial charge on any atom is -0.492 e. The van der Waals surface area contributed by atoms with Crippen molar-refractivity contribution in [2.45, 2.75) is 90.3 Å². The lowest BCUT2D eigenvalue weighted by atomic mass is 9.88. The predicted molar refractivity (Wildman–Crippen MR) is 136 cm³/mol. The summed E-state index contributed by atoms with van der Waals surface area (Å²) in [4.78, 5) is 20.9. The SMILES string of the molecule is CCCCc1cnc(-c2ccc(OCC3CCC(OC(=O)[C@@H](F)CCCC)CC3)c(Br)c2)nc1. The Kier molecular flexibility index (Phi) is 10.8. The average molecular weight is 535 g/mol. The number of esters is 1. The fourth-order valence-electron chi connectivity index (χ4n) is 4.13. The number of hydrogen-bond acceptors (Lipinski definition) is 5. The molecular formula is C27H36BrFN2O3. The maximum absolute atomic E-state index is 13.9. The molecule has 1 heterocycles. The van der Waals surface area contributed by atoms with Crippen LogP contribution in [-0.2, 0) is 16.0 Å². The van der Waals surface area contributed by atoms with E-state index < -0.39 is 12.1 Å². The van der Waals surface area contributed by atoms with Crippen molar-refractivity contribution in [3.63, 3.8) is 0 Å². The molecule has 0 spiro atoms. The van der Waals surface area contributed by atoms with Gasteiger partial charge in [0.25, 0.3) is 0 Å². The Morgan fingerprint density at radius 2 is 1.82 bits per heavy atom. The summed E-state index contributed by atoms with van der Waals surface area (Å²) < 4.78 is 26.2.